The number of rotatable bonds is 3. The van der Waals surface area contributed by atoms with Gasteiger partial charge in [0.25, 0.3) is 0 Å². The molecule has 1 aromatic heterocycles. The number of nitrogens with zero attached hydrogens (tertiary/aromatic N) is 3. The molecule has 2 aliphatic rings. The van der Waals surface area contributed by atoms with Gasteiger partial charge < -0.3 is 15.0 Å². The second kappa shape index (κ2) is 6.69. The molecule has 2 atom stereocenters. The lowest BCUT2D eigenvalue weighted by molar-refractivity contribution is 0.0160. The average molecular weight is 306 g/mol. The Hall–Kier alpha value is -1.56. The van der Waals surface area contributed by atoms with Gasteiger partial charge in [0, 0.05) is 38.0 Å². The van der Waals surface area contributed by atoms with Crippen LogP contribution in [-0.4, -0.2) is 46.5 Å². The summed E-state index contributed by atoms with van der Waals surface area (Å²) in [4.78, 5) is 14.5. The van der Waals surface area contributed by atoms with Gasteiger partial charge in [0.05, 0.1) is 18.3 Å². The maximum atomic E-state index is 12.6. The molecule has 1 aliphatic heterocycles. The molecule has 22 heavy (non-hydrogen) atoms. The number of piperidine rings is 1. The number of nitrogens with one attached hydrogen (secondary N) is 1. The molecule has 2 heterocycles. The molecule has 1 fully saturated rings. The first kappa shape index (κ1) is 15.3. The molecule has 2 amide bonds. The zero-order chi connectivity index (χ0) is 15.5. The van der Waals surface area contributed by atoms with Crippen LogP contribution in [0.1, 0.15) is 49.9 Å². The Morgan fingerprint density at radius 3 is 3.14 bits per heavy atom. The molecule has 122 valence electrons. The first-order chi connectivity index (χ1) is 10.7. The number of fused-ring (bicyclic) bond motifs is 1. The highest BCUT2D eigenvalue weighted by Crippen LogP contribution is 2.29. The number of carbonyl (C=O) groups is 1. The maximum Gasteiger partial charge on any atom is 0.317 e. The van der Waals surface area contributed by atoms with Gasteiger partial charge in [-0.3, -0.25) is 4.68 Å². The molecule has 0 aromatic carbocycles. The summed E-state index contributed by atoms with van der Waals surface area (Å²) in [6, 6.07) is 0.128. The van der Waals surface area contributed by atoms with E-state index < -0.39 is 0 Å². The summed E-state index contributed by atoms with van der Waals surface area (Å²) < 4.78 is 7.61. The molecule has 0 spiro atoms. The van der Waals surface area contributed by atoms with Gasteiger partial charge in [-0.1, -0.05) is 0 Å². The predicted octanol–water partition coefficient (Wildman–Crippen LogP) is 2.01. The molecule has 6 nitrogen and oxygen atoms in total. The van der Waals surface area contributed by atoms with Crippen molar-refractivity contribution in [3.63, 3.8) is 0 Å². The van der Waals surface area contributed by atoms with Crippen LogP contribution in [0, 0.1) is 0 Å². The van der Waals surface area contributed by atoms with Crippen LogP contribution in [0.25, 0.3) is 0 Å². The summed E-state index contributed by atoms with van der Waals surface area (Å²) in [7, 11) is 1.97. The Bertz CT molecular complexity index is 526. The average Bonchev–Trinajstić information content (AvgIpc) is 2.91. The lowest BCUT2D eigenvalue weighted by Crippen LogP contribution is -2.48. The molecular weight excluding hydrogens is 280 g/mol. The Labute approximate surface area is 131 Å². The van der Waals surface area contributed by atoms with E-state index in [0.29, 0.717) is 13.2 Å². The van der Waals surface area contributed by atoms with Crippen molar-refractivity contribution >= 4 is 6.03 Å². The van der Waals surface area contributed by atoms with Crippen molar-refractivity contribution in [1.82, 2.24) is 20.0 Å². The summed E-state index contributed by atoms with van der Waals surface area (Å²) >= 11 is 0. The van der Waals surface area contributed by atoms with E-state index in [4.69, 9.17) is 4.74 Å². The van der Waals surface area contributed by atoms with Crippen LogP contribution in [0.15, 0.2) is 6.20 Å². The summed E-state index contributed by atoms with van der Waals surface area (Å²) in [5, 5.41) is 7.54. The van der Waals surface area contributed by atoms with Crippen LogP contribution in [0.5, 0.6) is 0 Å². The molecule has 1 saturated heterocycles. The zero-order valence-corrected chi connectivity index (χ0v) is 13.5. The molecule has 0 saturated carbocycles. The monoisotopic (exact) mass is 306 g/mol. The molecule has 0 unspecified atom stereocenters. The maximum absolute atomic E-state index is 12.6. The number of likely N-dealkylation sites (tertiary alicyclic amines) is 1. The fourth-order valence-electron chi connectivity index (χ4n) is 3.59. The summed E-state index contributed by atoms with van der Waals surface area (Å²) in [5.41, 5.74) is 2.43. The third kappa shape index (κ3) is 3.11. The van der Waals surface area contributed by atoms with Crippen molar-refractivity contribution in [3.05, 3.63) is 17.5 Å². The minimum absolute atomic E-state index is 0.0334. The number of aromatic nitrogens is 2. The van der Waals surface area contributed by atoms with Crippen molar-refractivity contribution in [3.8, 4) is 0 Å². The van der Waals surface area contributed by atoms with Gasteiger partial charge in [-0.25, -0.2) is 4.79 Å². The smallest absolute Gasteiger partial charge is 0.317 e. The highest BCUT2D eigenvalue weighted by molar-refractivity contribution is 5.75. The van der Waals surface area contributed by atoms with Gasteiger partial charge in [0.1, 0.15) is 0 Å². The van der Waals surface area contributed by atoms with Gasteiger partial charge in [-0.05, 0) is 39.0 Å². The molecule has 0 radical (unpaired) electrons. The van der Waals surface area contributed by atoms with Crippen LogP contribution in [0.2, 0.25) is 0 Å². The largest absolute Gasteiger partial charge is 0.377 e. The first-order valence-corrected chi connectivity index (χ1v) is 8.37. The normalized spacial score (nSPS) is 24.9. The van der Waals surface area contributed by atoms with Gasteiger partial charge in [-0.15, -0.1) is 0 Å². The van der Waals surface area contributed by atoms with Crippen molar-refractivity contribution in [2.45, 2.75) is 51.2 Å². The van der Waals surface area contributed by atoms with Crippen molar-refractivity contribution in [2.24, 2.45) is 7.05 Å². The van der Waals surface area contributed by atoms with E-state index in [0.717, 1.165) is 38.6 Å². The molecular formula is C16H26N4O2. The van der Waals surface area contributed by atoms with Crippen LogP contribution < -0.4 is 5.32 Å². The lowest BCUT2D eigenvalue weighted by atomic mass is 9.93. The number of amides is 2. The predicted molar refractivity (Wildman–Crippen MR) is 83.6 cm³/mol. The van der Waals surface area contributed by atoms with E-state index in [2.05, 4.69) is 10.4 Å². The van der Waals surface area contributed by atoms with E-state index in [9.17, 15) is 4.79 Å². The van der Waals surface area contributed by atoms with Gasteiger partial charge in [0.15, 0.2) is 0 Å². The van der Waals surface area contributed by atoms with Crippen LogP contribution in [-0.2, 0) is 18.2 Å². The SMILES string of the molecule is CCO[C@@H]1CCCN(C(=O)N[C@@H]2CCCc3c2cnn3C)C1. The molecule has 1 aliphatic carbocycles. The van der Waals surface area contributed by atoms with Crippen LogP contribution in [0.3, 0.4) is 0 Å². The highest BCUT2D eigenvalue weighted by Gasteiger charge is 2.28. The second-order valence-electron chi connectivity index (χ2n) is 6.23. The number of carbonyl (C=O) groups excluding carboxylic acids is 1. The number of aryl methyl sites for hydroxylation is 1. The fourth-order valence-corrected chi connectivity index (χ4v) is 3.59. The Morgan fingerprint density at radius 1 is 1.45 bits per heavy atom. The zero-order valence-electron chi connectivity index (χ0n) is 13.5. The molecule has 3 rings (SSSR count). The fraction of sp³-hybridized carbons (Fsp3) is 0.750. The summed E-state index contributed by atoms with van der Waals surface area (Å²) in [6.45, 7) is 4.24. The second-order valence-corrected chi connectivity index (χ2v) is 6.23. The van der Waals surface area contributed by atoms with E-state index in [-0.39, 0.29) is 18.2 Å². The number of ether oxygens (including phenoxy) is 1. The number of hydrogen-bond acceptors (Lipinski definition) is 3. The van der Waals surface area contributed by atoms with Gasteiger partial charge >= 0.3 is 6.03 Å². The molecule has 1 N–H and O–H groups in total. The lowest BCUT2D eigenvalue weighted by Gasteiger charge is -2.34. The van der Waals surface area contributed by atoms with E-state index >= 15 is 0 Å². The Kier molecular flexibility index (Phi) is 4.66. The van der Waals surface area contributed by atoms with E-state index in [1.807, 2.05) is 29.7 Å². The molecule has 1 aromatic rings. The molecule has 0 bridgehead atoms. The summed E-state index contributed by atoms with van der Waals surface area (Å²) in [6.07, 6.45) is 7.29. The minimum atomic E-state index is 0.0334. The van der Waals surface area contributed by atoms with Crippen molar-refractivity contribution < 1.29 is 9.53 Å². The molecule has 6 heteroatoms. The first-order valence-electron chi connectivity index (χ1n) is 8.37. The minimum Gasteiger partial charge on any atom is -0.377 e. The van der Waals surface area contributed by atoms with Crippen molar-refractivity contribution in [2.75, 3.05) is 19.7 Å². The third-order valence-corrected chi connectivity index (χ3v) is 4.74. The van der Waals surface area contributed by atoms with Crippen LogP contribution >= 0.6 is 0 Å². The van der Waals surface area contributed by atoms with Crippen molar-refractivity contribution in [1.29, 1.82) is 0 Å². The number of hydrogen-bond donors (Lipinski definition) is 1. The quantitative estimate of drug-likeness (QED) is 0.929. The topological polar surface area (TPSA) is 59.4 Å². The third-order valence-electron chi connectivity index (χ3n) is 4.74. The van der Waals surface area contributed by atoms with E-state index in [1.54, 1.807) is 0 Å². The van der Waals surface area contributed by atoms with Gasteiger partial charge in [-0.2, -0.15) is 5.10 Å². The summed E-state index contributed by atoms with van der Waals surface area (Å²) in [5.74, 6) is 0. The van der Waals surface area contributed by atoms with Gasteiger partial charge in [0.2, 0.25) is 0 Å². The Morgan fingerprint density at radius 2 is 2.32 bits per heavy atom. The van der Waals surface area contributed by atoms with E-state index in [1.165, 1.54) is 11.3 Å². The number of urea groups is 1. The Balaban J connectivity index is 1.62. The highest BCUT2D eigenvalue weighted by atomic mass is 16.5. The van der Waals surface area contributed by atoms with Crippen LogP contribution in [0.4, 0.5) is 4.79 Å². The standard InChI is InChI=1S/C16H26N4O2/c1-3-22-12-6-5-9-20(11-12)16(21)18-14-7-4-8-15-13(14)10-17-19(15)2/h10,12,14H,3-9,11H2,1-2H3,(H,18,21)/t12-,14-/m1/s1.